The number of rotatable bonds is 4. The molecule has 4 nitrogen and oxygen atoms in total. The van der Waals surface area contributed by atoms with Gasteiger partial charge in [-0.05, 0) is 12.0 Å². The van der Waals surface area contributed by atoms with Crippen molar-refractivity contribution in [2.45, 2.75) is 58.0 Å². The molecule has 0 radical (unpaired) electrons. The van der Waals surface area contributed by atoms with Gasteiger partial charge in [0, 0.05) is 0 Å². The highest BCUT2D eigenvalue weighted by Gasteiger charge is 2.57. The lowest BCUT2D eigenvalue weighted by Crippen LogP contribution is -2.73. The molecule has 0 N–H and O–H groups in total. The van der Waals surface area contributed by atoms with Gasteiger partial charge in [-0.25, -0.2) is 0 Å². The zero-order valence-corrected chi connectivity index (χ0v) is 18.0. The van der Waals surface area contributed by atoms with Gasteiger partial charge in [0.2, 0.25) is 11.8 Å². The van der Waals surface area contributed by atoms with Crippen molar-refractivity contribution in [2.24, 2.45) is 0 Å². The van der Waals surface area contributed by atoms with Crippen LogP contribution in [0, 0.1) is 0 Å². The fraction of sp³-hybridized carbons (Fsp3) is 0.556. The van der Waals surface area contributed by atoms with Crippen LogP contribution < -0.4 is 0 Å². The van der Waals surface area contributed by atoms with E-state index in [1.807, 2.05) is 46.4 Å². The average molecular weight is 363 g/mol. The summed E-state index contributed by atoms with van der Waals surface area (Å²) in [6, 6.07) is 9.61. The predicted molar refractivity (Wildman–Crippen MR) is 104 cm³/mol. The van der Waals surface area contributed by atoms with Crippen LogP contribution in [0.2, 0.25) is 39.3 Å². The Morgan fingerprint density at radius 1 is 0.875 bits per heavy atom. The minimum atomic E-state index is -1.90. The van der Waals surface area contributed by atoms with E-state index >= 15 is 0 Å². The minimum Gasteiger partial charge on any atom is -0.353 e. The van der Waals surface area contributed by atoms with Gasteiger partial charge >= 0.3 is 0 Å². The van der Waals surface area contributed by atoms with E-state index in [-0.39, 0.29) is 11.8 Å². The van der Waals surface area contributed by atoms with Crippen LogP contribution in [0.3, 0.4) is 0 Å². The van der Waals surface area contributed by atoms with Crippen LogP contribution in [0.1, 0.15) is 18.9 Å². The maximum atomic E-state index is 13.5. The predicted octanol–water partition coefficient (Wildman–Crippen LogP) is 3.63. The Bertz CT molecular complexity index is 601. The molecule has 24 heavy (non-hydrogen) atoms. The highest BCUT2D eigenvalue weighted by atomic mass is 28.3. The molecule has 0 bridgehead atoms. The van der Waals surface area contributed by atoms with E-state index < -0.39 is 21.9 Å². The van der Waals surface area contributed by atoms with Gasteiger partial charge in [0.1, 0.15) is 0 Å². The van der Waals surface area contributed by atoms with Crippen molar-refractivity contribution in [3.05, 3.63) is 35.9 Å². The fourth-order valence-corrected chi connectivity index (χ4v) is 6.20. The molecule has 2 rings (SSSR count). The first-order chi connectivity index (χ1) is 11.0. The third-order valence-electron chi connectivity index (χ3n) is 4.92. The molecule has 1 heterocycles. The molecular weight excluding hydrogens is 332 g/mol. The number of amides is 2. The molecule has 132 valence electrons. The molecule has 0 unspecified atom stereocenters. The van der Waals surface area contributed by atoms with E-state index in [1.165, 1.54) is 0 Å². The Balaban J connectivity index is 2.70. The maximum Gasteiger partial charge on any atom is 0.236 e. The van der Waals surface area contributed by atoms with Gasteiger partial charge in [0.05, 0.1) is 6.67 Å². The minimum absolute atomic E-state index is 0.00475. The number of hydrogen-bond donors (Lipinski definition) is 0. The summed E-state index contributed by atoms with van der Waals surface area (Å²) >= 11 is 0. The number of hydrogen-bond acceptors (Lipinski definition) is 2. The maximum absolute atomic E-state index is 13.5. The van der Waals surface area contributed by atoms with Crippen molar-refractivity contribution in [1.82, 2.24) is 9.13 Å². The lowest BCUT2D eigenvalue weighted by Gasteiger charge is -2.53. The molecule has 1 aromatic rings. The number of carbonyl (C=O) groups excluding carboxylic acids is 2. The SMILES string of the molecule is CCC1(c2ccccc2)C(=O)N([Si](C)(C)C)CN([Si](C)(C)C)C1=O. The van der Waals surface area contributed by atoms with E-state index in [0.29, 0.717) is 13.1 Å². The van der Waals surface area contributed by atoms with Crippen molar-refractivity contribution in [2.75, 3.05) is 6.67 Å². The first-order valence-electron chi connectivity index (χ1n) is 8.66. The summed E-state index contributed by atoms with van der Waals surface area (Å²) in [6.07, 6.45) is 0.497. The normalized spacial score (nSPS) is 19.0. The van der Waals surface area contributed by atoms with Gasteiger partial charge in [-0.2, -0.15) is 0 Å². The number of carbonyl (C=O) groups is 2. The summed E-state index contributed by atoms with van der Waals surface area (Å²) < 4.78 is 4.03. The van der Waals surface area contributed by atoms with Crippen LogP contribution in [0.15, 0.2) is 30.3 Å². The molecule has 2 amide bonds. The van der Waals surface area contributed by atoms with Gasteiger partial charge < -0.3 is 9.13 Å². The molecule has 6 heteroatoms. The Morgan fingerprint density at radius 3 is 1.62 bits per heavy atom. The smallest absolute Gasteiger partial charge is 0.236 e. The van der Waals surface area contributed by atoms with Gasteiger partial charge in [0.15, 0.2) is 21.9 Å². The van der Waals surface area contributed by atoms with Crippen LogP contribution in [0.25, 0.3) is 0 Å². The fourth-order valence-electron chi connectivity index (χ4n) is 3.33. The number of nitrogens with zero attached hydrogens (tertiary/aromatic N) is 2. The van der Waals surface area contributed by atoms with Crippen molar-refractivity contribution >= 4 is 28.3 Å². The van der Waals surface area contributed by atoms with Crippen molar-refractivity contribution in [3.63, 3.8) is 0 Å². The van der Waals surface area contributed by atoms with Crippen LogP contribution in [0.5, 0.6) is 0 Å². The summed E-state index contributed by atoms with van der Waals surface area (Å²) in [7, 11) is -3.79. The highest BCUT2D eigenvalue weighted by Crippen LogP contribution is 2.39. The van der Waals surface area contributed by atoms with Gasteiger partial charge in [0.25, 0.3) is 0 Å². The van der Waals surface area contributed by atoms with Crippen molar-refractivity contribution < 1.29 is 9.59 Å². The molecule has 1 saturated heterocycles. The van der Waals surface area contributed by atoms with Crippen LogP contribution in [-0.2, 0) is 15.0 Å². The second-order valence-corrected chi connectivity index (χ2v) is 18.3. The standard InChI is InChI=1S/C18H30N2O2Si2/c1-8-18(15-12-10-9-11-13-15)16(21)19(23(2,3)4)14-20(17(18)22)24(5,6)7/h9-13H,8,14H2,1-7H3. The Labute approximate surface area is 148 Å². The molecule has 0 aromatic heterocycles. The Kier molecular flexibility index (Phi) is 4.85. The molecule has 1 aliphatic heterocycles. The third kappa shape index (κ3) is 2.97. The van der Waals surface area contributed by atoms with E-state index in [4.69, 9.17) is 0 Å². The average Bonchev–Trinajstić information content (AvgIpc) is 2.46. The number of benzene rings is 1. The summed E-state index contributed by atoms with van der Waals surface area (Å²) in [5.41, 5.74) is -0.242. The first-order valence-corrected chi connectivity index (χ1v) is 15.6. The van der Waals surface area contributed by atoms with Gasteiger partial charge in [-0.1, -0.05) is 76.5 Å². The van der Waals surface area contributed by atoms with E-state index in [9.17, 15) is 9.59 Å². The van der Waals surface area contributed by atoms with Crippen molar-refractivity contribution in [1.29, 1.82) is 0 Å². The molecule has 1 aliphatic rings. The molecule has 0 atom stereocenters. The topological polar surface area (TPSA) is 40.6 Å². The quantitative estimate of drug-likeness (QED) is 0.606. The van der Waals surface area contributed by atoms with Gasteiger partial charge in [-0.15, -0.1) is 0 Å². The molecule has 0 saturated carbocycles. The second-order valence-electron chi connectivity index (χ2n) is 8.57. The van der Waals surface area contributed by atoms with Crippen LogP contribution in [0.4, 0.5) is 0 Å². The summed E-state index contributed by atoms with van der Waals surface area (Å²) in [4.78, 5) is 27.1. The molecule has 1 fully saturated rings. The lowest BCUT2D eigenvalue weighted by molar-refractivity contribution is -0.153. The summed E-state index contributed by atoms with van der Waals surface area (Å²) in [6.45, 7) is 15.5. The van der Waals surface area contributed by atoms with Crippen molar-refractivity contribution in [3.8, 4) is 0 Å². The lowest BCUT2D eigenvalue weighted by atomic mass is 9.75. The molecule has 1 aromatic carbocycles. The zero-order valence-electron chi connectivity index (χ0n) is 16.0. The van der Waals surface area contributed by atoms with E-state index in [1.54, 1.807) is 0 Å². The second kappa shape index (κ2) is 6.15. The summed E-state index contributed by atoms with van der Waals surface area (Å²) in [5.74, 6) is -0.00951. The van der Waals surface area contributed by atoms with Crippen LogP contribution in [-0.4, -0.2) is 44.1 Å². The molecular formula is C18H30N2O2Si2. The Morgan fingerprint density at radius 2 is 1.29 bits per heavy atom. The monoisotopic (exact) mass is 362 g/mol. The molecule has 0 aliphatic carbocycles. The zero-order chi connectivity index (χ0) is 18.3. The first kappa shape index (κ1) is 18.9. The largest absolute Gasteiger partial charge is 0.353 e. The third-order valence-corrected chi connectivity index (χ3v) is 8.85. The van der Waals surface area contributed by atoms with E-state index in [2.05, 4.69) is 39.3 Å². The van der Waals surface area contributed by atoms with Gasteiger partial charge in [-0.3, -0.25) is 9.59 Å². The summed E-state index contributed by atoms with van der Waals surface area (Å²) in [5, 5.41) is 0. The Hall–Kier alpha value is -1.41. The van der Waals surface area contributed by atoms with Crippen LogP contribution >= 0.6 is 0 Å². The highest BCUT2D eigenvalue weighted by molar-refractivity contribution is 6.78. The van der Waals surface area contributed by atoms with E-state index in [0.717, 1.165) is 5.56 Å². The molecule has 0 spiro atoms.